The number of rotatable bonds is 3. The van der Waals surface area contributed by atoms with Gasteiger partial charge in [0.2, 0.25) is 0 Å². The van der Waals surface area contributed by atoms with Gasteiger partial charge >= 0.3 is 0 Å². The molecule has 0 atom stereocenters. The summed E-state index contributed by atoms with van der Waals surface area (Å²) in [6.07, 6.45) is 0. The first-order valence-electron chi connectivity index (χ1n) is 7.01. The molecule has 0 spiro atoms. The maximum atomic E-state index is 5.59. The molecule has 21 heavy (non-hydrogen) atoms. The molecule has 1 aromatic carbocycles. The molecule has 5 heteroatoms. The molecule has 0 saturated carbocycles. The van der Waals surface area contributed by atoms with Crippen LogP contribution in [0.2, 0.25) is 0 Å². The molecule has 1 aromatic heterocycles. The quantitative estimate of drug-likeness (QED) is 0.595. The minimum absolute atomic E-state index is 0.151. The van der Waals surface area contributed by atoms with Crippen molar-refractivity contribution in [1.82, 2.24) is 9.97 Å². The Balaban J connectivity index is 2.50. The van der Waals surface area contributed by atoms with Crippen LogP contribution in [0.3, 0.4) is 0 Å². The molecule has 0 bridgehead atoms. The van der Waals surface area contributed by atoms with Gasteiger partial charge in [-0.05, 0) is 25.5 Å². The zero-order valence-electron chi connectivity index (χ0n) is 13.3. The van der Waals surface area contributed by atoms with E-state index < -0.39 is 0 Å². The lowest BCUT2D eigenvalue weighted by molar-refractivity contribution is 0.546. The number of para-hydroxylation sites is 1. The SMILES string of the molecule is Cc1ccccc1Nc1nc(C(C)(C)C)nc(NN)c1C. The summed E-state index contributed by atoms with van der Waals surface area (Å²) in [5.74, 6) is 7.75. The first kappa shape index (κ1) is 15.3. The molecular weight excluding hydrogens is 262 g/mol. The standard InChI is InChI=1S/C16H23N5/c1-10-8-6-7-9-12(10)18-13-11(2)14(21-17)20-15(19-13)16(3,4)5/h6-9H,17H2,1-5H3,(H2,18,19,20,21). The molecule has 0 fully saturated rings. The highest BCUT2D eigenvalue weighted by Crippen LogP contribution is 2.28. The topological polar surface area (TPSA) is 75.9 Å². The molecule has 0 aliphatic rings. The zero-order valence-corrected chi connectivity index (χ0v) is 13.3. The Morgan fingerprint density at radius 2 is 1.62 bits per heavy atom. The fraction of sp³-hybridized carbons (Fsp3) is 0.375. The zero-order chi connectivity index (χ0) is 15.6. The summed E-state index contributed by atoms with van der Waals surface area (Å²) >= 11 is 0. The van der Waals surface area contributed by atoms with E-state index in [-0.39, 0.29) is 5.41 Å². The van der Waals surface area contributed by atoms with E-state index in [4.69, 9.17) is 5.84 Å². The van der Waals surface area contributed by atoms with Gasteiger partial charge < -0.3 is 10.7 Å². The third-order valence-corrected chi connectivity index (χ3v) is 3.35. The van der Waals surface area contributed by atoms with Gasteiger partial charge in [0, 0.05) is 16.7 Å². The average molecular weight is 285 g/mol. The van der Waals surface area contributed by atoms with E-state index in [0.29, 0.717) is 5.82 Å². The highest BCUT2D eigenvalue weighted by Gasteiger charge is 2.21. The summed E-state index contributed by atoms with van der Waals surface area (Å²) in [7, 11) is 0. The number of aromatic nitrogens is 2. The van der Waals surface area contributed by atoms with Crippen LogP contribution >= 0.6 is 0 Å². The van der Waals surface area contributed by atoms with Gasteiger partial charge in [-0.15, -0.1) is 0 Å². The molecule has 0 amide bonds. The van der Waals surface area contributed by atoms with Crippen molar-refractivity contribution in [3.63, 3.8) is 0 Å². The van der Waals surface area contributed by atoms with Crippen LogP contribution in [0.4, 0.5) is 17.3 Å². The Kier molecular flexibility index (Phi) is 4.14. The van der Waals surface area contributed by atoms with Gasteiger partial charge in [0.1, 0.15) is 17.5 Å². The van der Waals surface area contributed by atoms with Gasteiger partial charge in [-0.2, -0.15) is 0 Å². The molecular formula is C16H23N5. The number of hydrazine groups is 1. The van der Waals surface area contributed by atoms with Gasteiger partial charge in [-0.25, -0.2) is 15.8 Å². The van der Waals surface area contributed by atoms with Crippen LogP contribution in [0, 0.1) is 13.8 Å². The van der Waals surface area contributed by atoms with E-state index >= 15 is 0 Å². The Bertz CT molecular complexity index is 644. The van der Waals surface area contributed by atoms with E-state index in [9.17, 15) is 0 Å². The van der Waals surface area contributed by atoms with Gasteiger partial charge in [-0.3, -0.25) is 0 Å². The van der Waals surface area contributed by atoms with Crippen LogP contribution in [0.1, 0.15) is 37.7 Å². The van der Waals surface area contributed by atoms with Crippen molar-refractivity contribution in [2.45, 2.75) is 40.0 Å². The van der Waals surface area contributed by atoms with Crippen molar-refractivity contribution in [2.75, 3.05) is 10.7 Å². The molecule has 0 radical (unpaired) electrons. The van der Waals surface area contributed by atoms with Gasteiger partial charge in [0.15, 0.2) is 0 Å². The predicted molar refractivity (Wildman–Crippen MR) is 87.7 cm³/mol. The number of nitrogen functional groups attached to an aromatic ring is 1. The maximum absolute atomic E-state index is 5.59. The predicted octanol–water partition coefficient (Wildman–Crippen LogP) is 3.42. The Hall–Kier alpha value is -2.14. The minimum atomic E-state index is -0.151. The van der Waals surface area contributed by atoms with Crippen LogP contribution in [0.15, 0.2) is 24.3 Å². The summed E-state index contributed by atoms with van der Waals surface area (Å²) in [5, 5.41) is 3.38. The van der Waals surface area contributed by atoms with Crippen molar-refractivity contribution in [3.05, 3.63) is 41.2 Å². The highest BCUT2D eigenvalue weighted by atomic mass is 15.3. The Morgan fingerprint density at radius 1 is 1.00 bits per heavy atom. The fourth-order valence-electron chi connectivity index (χ4n) is 1.96. The normalized spacial score (nSPS) is 11.3. The number of hydrogen-bond donors (Lipinski definition) is 3. The average Bonchev–Trinajstić information content (AvgIpc) is 2.42. The first-order valence-corrected chi connectivity index (χ1v) is 7.01. The lowest BCUT2D eigenvalue weighted by Crippen LogP contribution is -2.21. The summed E-state index contributed by atoms with van der Waals surface area (Å²) < 4.78 is 0. The first-order chi connectivity index (χ1) is 9.82. The lowest BCUT2D eigenvalue weighted by atomic mass is 9.95. The van der Waals surface area contributed by atoms with Crippen LogP contribution < -0.4 is 16.6 Å². The van der Waals surface area contributed by atoms with Crippen LogP contribution in [0.5, 0.6) is 0 Å². The second-order valence-corrected chi connectivity index (χ2v) is 6.20. The number of anilines is 3. The van der Waals surface area contributed by atoms with Crippen molar-refractivity contribution in [1.29, 1.82) is 0 Å². The van der Waals surface area contributed by atoms with Crippen LogP contribution in [0.25, 0.3) is 0 Å². The van der Waals surface area contributed by atoms with Gasteiger partial charge in [-0.1, -0.05) is 39.0 Å². The number of nitrogens with zero attached hydrogens (tertiary/aromatic N) is 2. The smallest absolute Gasteiger partial charge is 0.148 e. The number of aryl methyl sites for hydroxylation is 1. The molecule has 112 valence electrons. The van der Waals surface area contributed by atoms with Crippen LogP contribution in [-0.4, -0.2) is 9.97 Å². The number of nitrogens with one attached hydrogen (secondary N) is 2. The molecule has 5 nitrogen and oxygen atoms in total. The second-order valence-electron chi connectivity index (χ2n) is 6.20. The summed E-state index contributed by atoms with van der Waals surface area (Å²) in [6.45, 7) is 10.2. The van der Waals surface area contributed by atoms with Crippen molar-refractivity contribution in [3.8, 4) is 0 Å². The largest absolute Gasteiger partial charge is 0.340 e. The van der Waals surface area contributed by atoms with Crippen LogP contribution in [-0.2, 0) is 5.41 Å². The molecule has 4 N–H and O–H groups in total. The highest BCUT2D eigenvalue weighted by molar-refractivity contribution is 5.66. The molecule has 0 unspecified atom stereocenters. The molecule has 2 aromatic rings. The van der Waals surface area contributed by atoms with E-state index in [0.717, 1.165) is 28.5 Å². The monoisotopic (exact) mass is 285 g/mol. The van der Waals surface area contributed by atoms with Crippen molar-refractivity contribution < 1.29 is 0 Å². The molecule has 1 heterocycles. The minimum Gasteiger partial charge on any atom is -0.340 e. The summed E-state index contributed by atoms with van der Waals surface area (Å²) in [4.78, 5) is 9.17. The van der Waals surface area contributed by atoms with Gasteiger partial charge in [0.05, 0.1) is 0 Å². The number of benzene rings is 1. The summed E-state index contributed by atoms with van der Waals surface area (Å²) in [5.41, 5.74) is 5.59. The maximum Gasteiger partial charge on any atom is 0.148 e. The Morgan fingerprint density at radius 3 is 2.19 bits per heavy atom. The third-order valence-electron chi connectivity index (χ3n) is 3.35. The number of nitrogens with two attached hydrogens (primary N) is 1. The molecule has 0 saturated heterocycles. The molecule has 0 aliphatic heterocycles. The summed E-state index contributed by atoms with van der Waals surface area (Å²) in [6, 6.07) is 8.11. The van der Waals surface area contributed by atoms with E-state index in [1.807, 2.05) is 25.1 Å². The lowest BCUT2D eigenvalue weighted by Gasteiger charge is -2.21. The Labute approximate surface area is 126 Å². The van der Waals surface area contributed by atoms with E-state index in [1.165, 1.54) is 0 Å². The third kappa shape index (κ3) is 3.31. The van der Waals surface area contributed by atoms with E-state index in [2.05, 4.69) is 54.5 Å². The molecule has 2 rings (SSSR count). The molecule has 0 aliphatic carbocycles. The van der Waals surface area contributed by atoms with Gasteiger partial charge in [0.25, 0.3) is 0 Å². The van der Waals surface area contributed by atoms with E-state index in [1.54, 1.807) is 0 Å². The second kappa shape index (κ2) is 5.69. The fourth-order valence-corrected chi connectivity index (χ4v) is 1.96. The van der Waals surface area contributed by atoms with Crippen molar-refractivity contribution >= 4 is 17.3 Å². The van der Waals surface area contributed by atoms with Crippen molar-refractivity contribution in [2.24, 2.45) is 5.84 Å². The number of hydrogen-bond acceptors (Lipinski definition) is 5.